The summed E-state index contributed by atoms with van der Waals surface area (Å²) >= 11 is 0. The summed E-state index contributed by atoms with van der Waals surface area (Å²) in [5.74, 6) is 0.397. The van der Waals surface area contributed by atoms with Crippen molar-refractivity contribution in [3.63, 3.8) is 0 Å². The van der Waals surface area contributed by atoms with E-state index in [4.69, 9.17) is 4.74 Å². The highest BCUT2D eigenvalue weighted by molar-refractivity contribution is 5.26. The van der Waals surface area contributed by atoms with Gasteiger partial charge in [0.15, 0.2) is 0 Å². The van der Waals surface area contributed by atoms with E-state index in [1.54, 1.807) is 0 Å². The highest BCUT2D eigenvalue weighted by atomic mass is 16.5. The van der Waals surface area contributed by atoms with E-state index in [2.05, 4.69) is 6.92 Å². The smallest absolute Gasteiger partial charge is 0.122 e. The molecular formula is C14H22O4. The Morgan fingerprint density at radius 1 is 1.22 bits per heavy atom. The molecule has 2 bridgehead atoms. The third kappa shape index (κ3) is 1.08. The van der Waals surface area contributed by atoms with Crippen molar-refractivity contribution in [1.82, 2.24) is 0 Å². The summed E-state index contributed by atoms with van der Waals surface area (Å²) in [7, 11) is 0. The van der Waals surface area contributed by atoms with Gasteiger partial charge in [-0.1, -0.05) is 6.92 Å². The van der Waals surface area contributed by atoms with Crippen LogP contribution in [0.3, 0.4) is 0 Å². The van der Waals surface area contributed by atoms with Crippen LogP contribution in [0.25, 0.3) is 0 Å². The van der Waals surface area contributed by atoms with Gasteiger partial charge in [-0.15, -0.1) is 0 Å². The molecule has 0 radical (unpaired) electrons. The first-order valence-electron chi connectivity index (χ1n) is 7.09. The highest BCUT2D eigenvalue weighted by Crippen LogP contribution is 2.71. The van der Waals surface area contributed by atoms with Gasteiger partial charge in [0.05, 0.1) is 18.8 Å². The van der Waals surface area contributed by atoms with Gasteiger partial charge >= 0.3 is 0 Å². The van der Waals surface area contributed by atoms with Gasteiger partial charge in [-0.05, 0) is 42.9 Å². The number of ether oxygens (including phenoxy) is 1. The molecule has 0 aromatic rings. The lowest BCUT2D eigenvalue weighted by Crippen LogP contribution is -2.60. The molecule has 0 amide bonds. The number of aliphatic hydroxyl groups excluding tert-OH is 2. The molecule has 3 N–H and O–H groups in total. The first-order chi connectivity index (χ1) is 8.46. The Bertz CT molecular complexity index is 393. The summed E-state index contributed by atoms with van der Waals surface area (Å²) in [5, 5.41) is 31.0. The van der Waals surface area contributed by atoms with E-state index in [1.807, 2.05) is 0 Å². The Balaban J connectivity index is 1.74. The van der Waals surface area contributed by atoms with Crippen LogP contribution in [0.4, 0.5) is 0 Å². The van der Waals surface area contributed by atoms with Crippen molar-refractivity contribution in [3.05, 3.63) is 0 Å². The summed E-state index contributed by atoms with van der Waals surface area (Å²) < 4.78 is 5.89. The van der Waals surface area contributed by atoms with Crippen LogP contribution in [0.2, 0.25) is 0 Å². The van der Waals surface area contributed by atoms with Gasteiger partial charge in [0, 0.05) is 12.0 Å². The third-order valence-electron chi connectivity index (χ3n) is 6.35. The predicted octanol–water partition coefficient (Wildman–Crippen LogP) is 0.296. The van der Waals surface area contributed by atoms with E-state index in [1.165, 1.54) is 0 Å². The molecule has 0 aromatic carbocycles. The largest absolute Gasteiger partial charge is 0.396 e. The van der Waals surface area contributed by atoms with Crippen molar-refractivity contribution >= 4 is 0 Å². The minimum absolute atomic E-state index is 0.0888. The molecule has 1 unspecified atom stereocenters. The normalized spacial score (nSPS) is 60.0. The van der Waals surface area contributed by atoms with Crippen LogP contribution in [0, 0.1) is 22.7 Å². The number of aliphatic hydroxyl groups is 3. The van der Waals surface area contributed by atoms with E-state index in [0.29, 0.717) is 12.5 Å². The molecule has 1 aliphatic heterocycles. The Hall–Kier alpha value is -0.160. The summed E-state index contributed by atoms with van der Waals surface area (Å²) in [4.78, 5) is 0. The van der Waals surface area contributed by atoms with Gasteiger partial charge in [0.25, 0.3) is 0 Å². The maximum absolute atomic E-state index is 10.8. The molecule has 1 heterocycles. The van der Waals surface area contributed by atoms with Gasteiger partial charge < -0.3 is 20.1 Å². The molecule has 6 atom stereocenters. The van der Waals surface area contributed by atoms with Crippen LogP contribution in [-0.2, 0) is 4.74 Å². The minimum Gasteiger partial charge on any atom is -0.396 e. The average Bonchev–Trinajstić information content (AvgIpc) is 3.00. The molecule has 0 aromatic heterocycles. The molecule has 4 fully saturated rings. The van der Waals surface area contributed by atoms with Crippen LogP contribution in [-0.4, -0.2) is 46.3 Å². The molecule has 4 rings (SSSR count). The minimum atomic E-state index is -1.03. The van der Waals surface area contributed by atoms with Crippen LogP contribution in [0.15, 0.2) is 0 Å². The van der Waals surface area contributed by atoms with E-state index < -0.39 is 11.7 Å². The molecule has 4 nitrogen and oxygen atoms in total. The number of hydrogen-bond acceptors (Lipinski definition) is 4. The van der Waals surface area contributed by atoms with Gasteiger partial charge in [-0.3, -0.25) is 0 Å². The van der Waals surface area contributed by atoms with Crippen molar-refractivity contribution in [2.24, 2.45) is 22.7 Å². The van der Waals surface area contributed by atoms with Crippen molar-refractivity contribution in [2.75, 3.05) is 13.2 Å². The van der Waals surface area contributed by atoms with Crippen molar-refractivity contribution in [1.29, 1.82) is 0 Å². The molecule has 3 saturated carbocycles. The Morgan fingerprint density at radius 2 is 1.89 bits per heavy atom. The molecule has 1 spiro atoms. The quantitative estimate of drug-likeness (QED) is 0.629. The molecule has 18 heavy (non-hydrogen) atoms. The zero-order chi connectivity index (χ0) is 12.8. The lowest BCUT2D eigenvalue weighted by Gasteiger charge is -2.46. The average molecular weight is 254 g/mol. The molecule has 4 heteroatoms. The number of rotatable bonds is 1. The van der Waals surface area contributed by atoms with Crippen molar-refractivity contribution in [3.8, 4) is 0 Å². The maximum Gasteiger partial charge on any atom is 0.122 e. The SMILES string of the molecule is C[C@@]1(CO)C[C@@H]2[C@H]3OC[C@@](O)(C(O)[C@@H]2C1)C31CC1. The zero-order valence-electron chi connectivity index (χ0n) is 10.8. The van der Waals surface area contributed by atoms with E-state index in [-0.39, 0.29) is 29.5 Å². The van der Waals surface area contributed by atoms with Crippen LogP contribution >= 0.6 is 0 Å². The lowest BCUT2D eigenvalue weighted by molar-refractivity contribution is -0.157. The fourth-order valence-corrected chi connectivity index (χ4v) is 5.22. The molecular weight excluding hydrogens is 232 g/mol. The van der Waals surface area contributed by atoms with Gasteiger partial charge in [0.2, 0.25) is 0 Å². The monoisotopic (exact) mass is 254 g/mol. The summed E-state index contributed by atoms with van der Waals surface area (Å²) in [6.07, 6.45) is 3.08. The van der Waals surface area contributed by atoms with E-state index >= 15 is 0 Å². The van der Waals surface area contributed by atoms with Gasteiger partial charge in [0.1, 0.15) is 5.60 Å². The molecule has 4 aliphatic rings. The second kappa shape index (κ2) is 3.11. The molecule has 3 aliphatic carbocycles. The Labute approximate surface area is 107 Å². The summed E-state index contributed by atoms with van der Waals surface area (Å²) in [6.45, 7) is 2.53. The second-order valence-electron chi connectivity index (χ2n) is 7.46. The predicted molar refractivity (Wildman–Crippen MR) is 63.8 cm³/mol. The van der Waals surface area contributed by atoms with Crippen LogP contribution < -0.4 is 0 Å². The van der Waals surface area contributed by atoms with Gasteiger partial charge in [-0.2, -0.15) is 0 Å². The standard InChI is InChI=1S/C14H22O4/c1-12(6-15)4-8-9(5-12)11-13(2-3-13)14(17,7-18-11)10(8)16/h8-11,15-17H,2-7H2,1H3/t8-,9+,10?,11-,12+,14-/m1/s1. The fraction of sp³-hybridized carbons (Fsp3) is 1.00. The zero-order valence-corrected chi connectivity index (χ0v) is 10.8. The van der Waals surface area contributed by atoms with Crippen LogP contribution in [0.1, 0.15) is 32.6 Å². The molecule has 1 saturated heterocycles. The number of fused-ring (bicyclic) bond motifs is 2. The summed E-state index contributed by atoms with van der Waals surface area (Å²) in [5.41, 5.74) is -1.32. The fourth-order valence-electron chi connectivity index (χ4n) is 5.22. The topological polar surface area (TPSA) is 69.9 Å². The third-order valence-corrected chi connectivity index (χ3v) is 6.35. The summed E-state index contributed by atoms with van der Waals surface area (Å²) in [6, 6.07) is 0. The highest BCUT2D eigenvalue weighted by Gasteiger charge is 2.77. The Morgan fingerprint density at radius 3 is 2.50 bits per heavy atom. The van der Waals surface area contributed by atoms with Crippen molar-refractivity contribution < 1.29 is 20.1 Å². The Kier molecular flexibility index (Phi) is 2.01. The molecule has 102 valence electrons. The lowest BCUT2D eigenvalue weighted by atomic mass is 9.63. The first kappa shape index (κ1) is 11.6. The van der Waals surface area contributed by atoms with Crippen molar-refractivity contribution in [2.45, 2.75) is 50.4 Å². The van der Waals surface area contributed by atoms with E-state index in [9.17, 15) is 15.3 Å². The van der Waals surface area contributed by atoms with Crippen LogP contribution in [0.5, 0.6) is 0 Å². The first-order valence-corrected chi connectivity index (χ1v) is 7.09. The van der Waals surface area contributed by atoms with E-state index in [0.717, 1.165) is 25.7 Å². The second-order valence-corrected chi connectivity index (χ2v) is 7.46. The van der Waals surface area contributed by atoms with Gasteiger partial charge in [-0.25, -0.2) is 0 Å². The number of hydrogen-bond donors (Lipinski definition) is 3. The maximum atomic E-state index is 10.8.